The molecule has 2 aliphatic heterocycles. The summed E-state index contributed by atoms with van der Waals surface area (Å²) >= 11 is 3.61. The van der Waals surface area contributed by atoms with Crippen molar-refractivity contribution in [2.24, 2.45) is 0 Å². The number of halogens is 49. The third kappa shape index (κ3) is 39.8. The van der Waals surface area contributed by atoms with Gasteiger partial charge in [-0.3, -0.25) is 9.27 Å². The van der Waals surface area contributed by atoms with Gasteiger partial charge in [-0.1, -0.05) is 7.43 Å². The zero-order chi connectivity index (χ0) is 76.2. The van der Waals surface area contributed by atoms with Crippen LogP contribution in [-0.4, -0.2) is 142 Å². The molecule has 0 aromatic rings. The van der Waals surface area contributed by atoms with E-state index in [4.69, 9.17) is 14.8 Å². The Hall–Kier alpha value is -2.78. The molecule has 2 fully saturated rings. The van der Waals surface area contributed by atoms with Crippen molar-refractivity contribution in [3.63, 3.8) is 0 Å². The monoisotopic (exact) mass is 1960 g/mol. The van der Waals surface area contributed by atoms with E-state index in [1.807, 2.05) is 0 Å². The molecule has 2 rings (SSSR count). The third-order valence-corrected chi connectivity index (χ3v) is 6.92. The Morgan fingerprint density at radius 3 is 0.791 bits per heavy atom. The lowest BCUT2D eigenvalue weighted by molar-refractivity contribution is -0.386. The third-order valence-electron chi connectivity index (χ3n) is 5.56. The first-order valence-electron chi connectivity index (χ1n) is 17.5. The summed E-state index contributed by atoms with van der Waals surface area (Å²) < 4.78 is 514. The van der Waals surface area contributed by atoms with Crippen LogP contribution in [0.4, 0.5) is 198 Å². The van der Waals surface area contributed by atoms with E-state index in [1.54, 1.807) is 9.12 Å². The van der Waals surface area contributed by atoms with Gasteiger partial charge in [0.2, 0.25) is 0 Å². The quantitative estimate of drug-likeness (QED) is 0.0458. The molecule has 60 heteroatoms. The van der Waals surface area contributed by atoms with Crippen molar-refractivity contribution in [3.05, 3.63) is 36.4 Å². The smallest absolute Gasteiger partial charge is 0.464 e. The van der Waals surface area contributed by atoms with Crippen LogP contribution in [0.15, 0.2) is 36.4 Å². The topological polar surface area (TPSA) is 146 Å². The lowest BCUT2D eigenvalue weighted by Gasteiger charge is -2.31. The molecule has 0 aromatic heterocycles. The molecule has 2 saturated heterocycles. The Kier molecular flexibility index (Phi) is 55.1. The molecule has 0 atom stereocenters. The maximum absolute atomic E-state index is 12.7. The number of hydrogen-bond donors (Lipinski definition) is 2. The first-order valence-corrected chi connectivity index (χ1v) is 26.3. The second kappa shape index (κ2) is 43.4. The number of allylic oxidation sites excluding steroid dienone is 1. The van der Waals surface area contributed by atoms with Crippen molar-refractivity contribution in [1.29, 1.82) is 0 Å². The molecule has 0 aliphatic carbocycles. The fourth-order valence-electron chi connectivity index (χ4n) is 2.25. The van der Waals surface area contributed by atoms with E-state index in [1.165, 1.54) is 0 Å². The highest BCUT2D eigenvalue weighted by Crippen LogP contribution is 2.57. The fraction of sp³-hybridized carbons (Fsp3) is 0.710. The van der Waals surface area contributed by atoms with Gasteiger partial charge in [0.05, 0.1) is 13.2 Å². The molecule has 2 heterocycles. The maximum atomic E-state index is 12.7. The Morgan fingerprint density at radius 2 is 0.703 bits per heavy atom. The van der Waals surface area contributed by atoms with Crippen LogP contribution >= 0.6 is 91.5 Å². The zero-order valence-corrected chi connectivity index (χ0v) is 50.4. The number of ether oxygens (including phenoxy) is 4. The summed E-state index contributed by atoms with van der Waals surface area (Å²) in [5.41, 5.74) is 0. The lowest BCUT2D eigenvalue weighted by Crippen LogP contribution is -2.59. The van der Waals surface area contributed by atoms with E-state index in [0.717, 1.165) is 14.2 Å². The number of methoxy groups -OCH3 is 1. The van der Waals surface area contributed by atoms with Gasteiger partial charge in [0.1, 0.15) is 9.12 Å². The number of esters is 3. The van der Waals surface area contributed by atoms with Crippen molar-refractivity contribution in [1.82, 2.24) is 0 Å². The summed E-state index contributed by atoms with van der Waals surface area (Å²) in [6.45, 7) is 0.375. The number of aliphatic hydroxyl groups excluding tert-OH is 2. The average Bonchev–Trinajstić information content (AvgIpc) is 3.49. The number of cyclic esters (lactones) is 2. The van der Waals surface area contributed by atoms with Gasteiger partial charge in [-0.05, 0) is 0 Å². The van der Waals surface area contributed by atoms with E-state index in [0.29, 0.717) is 0 Å². The number of hydrogen-bond acceptors (Lipinski definition) is 10. The first-order chi connectivity index (χ1) is 38.4. The van der Waals surface area contributed by atoms with E-state index < -0.39 is 146 Å². The van der Waals surface area contributed by atoms with Crippen molar-refractivity contribution in [2.45, 2.75) is 113 Å². The molecule has 0 aromatic carbocycles. The highest BCUT2D eigenvalue weighted by atomic mass is 128. The predicted octanol–water partition coefficient (Wildman–Crippen LogP) is 20.4. The van der Waals surface area contributed by atoms with Crippen LogP contribution in [0.2, 0.25) is 0 Å². The van der Waals surface area contributed by atoms with Gasteiger partial charge >= 0.3 is 134 Å². The highest BCUT2D eigenvalue weighted by molar-refractivity contribution is 15.0. The molecular weight excluding hydrogens is 1930 g/mol. The largest absolute Gasteiger partial charge is 0.473 e. The van der Waals surface area contributed by atoms with E-state index >= 15 is 0 Å². The number of carbonyl (C=O) groups excluding carboxylic acids is 3. The van der Waals surface area contributed by atoms with Gasteiger partial charge in [-0.25, -0.2) is 14.4 Å². The molecule has 560 valence electrons. The molecule has 0 radical (unpaired) electrons. The van der Waals surface area contributed by atoms with Crippen LogP contribution < -0.4 is 0 Å². The van der Waals surface area contributed by atoms with Crippen LogP contribution in [0.25, 0.3) is 0 Å². The van der Waals surface area contributed by atoms with Crippen LogP contribution in [0.5, 0.6) is 0 Å². The molecule has 0 saturated carbocycles. The number of alkyl halides is 37. The molecule has 0 unspecified atom stereocenters. The molecule has 0 amide bonds. The van der Waals surface area contributed by atoms with Crippen molar-refractivity contribution in [2.75, 3.05) is 21.3 Å². The number of aliphatic hydroxyl groups is 2. The molecule has 2 aliphatic rings. The summed E-state index contributed by atoms with van der Waals surface area (Å²) in [5, 5.41) is 14.0. The summed E-state index contributed by atoms with van der Waals surface area (Å²) in [7, 11) is 3.90. The Labute approximate surface area is 527 Å². The summed E-state index contributed by atoms with van der Waals surface area (Å²) in [6.07, 6.45) is -43.4. The highest BCUT2D eigenvalue weighted by Gasteiger charge is 2.86. The minimum atomic E-state index is -6.64. The maximum Gasteiger partial charge on any atom is 0.473 e. The van der Waals surface area contributed by atoms with Crippen molar-refractivity contribution in [3.8, 4) is 0 Å². The molecule has 2 N–H and O–H groups in total. The Morgan fingerprint density at radius 1 is 0.495 bits per heavy atom. The molecular formula is C31H28F45I4O10P. The zero-order valence-electron chi connectivity index (χ0n) is 40.8. The average molecular weight is 1960 g/mol. The SMILES string of the molecule is C.CC(F)(F)F.CC(F)(F)F.CO.CO.COC(=O)C(F)(F)C(F)(F)C(F)(F)OC(F)=C(F)F.F.FC(F)(I)C(F)(F)C(F)(F)C(F)(F)I.FC(F)=C(F)F.FC(F)=CC(F)(F)F.II.O=C1OC(F)(F)C(F)(F)C1(F)F.O=C1OC(F)(F)C(F)(F)C1(F)F.O=P.[2HH].[2HH]. The van der Waals surface area contributed by atoms with Crippen LogP contribution in [-0.2, 0) is 37.9 Å². The van der Waals surface area contributed by atoms with Gasteiger partial charge < -0.3 is 29.2 Å². The van der Waals surface area contributed by atoms with E-state index in [9.17, 15) is 208 Å². The van der Waals surface area contributed by atoms with Gasteiger partial charge in [0.15, 0.2) is 0 Å². The first kappa shape index (κ1) is 116. The minimum absolute atomic E-state index is 0. The Balaban J connectivity index is -0.0000000644. The lowest BCUT2D eigenvalue weighted by atomic mass is 10.1. The van der Waals surface area contributed by atoms with Crippen molar-refractivity contribution >= 4 is 109 Å². The van der Waals surface area contributed by atoms with Gasteiger partial charge in [-0.2, -0.15) is 193 Å². The Bertz CT molecular complexity index is 2070. The molecule has 10 nitrogen and oxygen atoms in total. The summed E-state index contributed by atoms with van der Waals surface area (Å²) in [5.74, 6) is -56.4. The van der Waals surface area contributed by atoms with Crippen LogP contribution in [0.3, 0.4) is 0 Å². The van der Waals surface area contributed by atoms with Crippen LogP contribution in [0, 0.1) is 0 Å². The van der Waals surface area contributed by atoms with Crippen LogP contribution in [0.1, 0.15) is 24.1 Å². The summed E-state index contributed by atoms with van der Waals surface area (Å²) in [4.78, 5) is 29.8. The normalized spacial score (nSPS) is 16.1. The second-order valence-electron chi connectivity index (χ2n) is 12.1. The van der Waals surface area contributed by atoms with E-state index in [-0.39, 0.29) is 81.1 Å². The summed E-state index contributed by atoms with van der Waals surface area (Å²) in [6, 6.07) is -3.50. The number of rotatable bonds is 8. The van der Waals surface area contributed by atoms with Gasteiger partial charge in [0, 0.05) is 113 Å². The standard InChI is InChI=1S/C7H3F9O3.C4F8I2.2C4F6O2.C3HF5.C2F4.2C2H3F3.2CH4O.CH4.FH.I2.HOP.2H2/c1-18-4(17)5(11,12)6(13,14)7(15,16)19-3(10)2(8)9;5-1(6,3(9,10)13)2(7,8)4(11,12)14;2*5-2(6)1(11)12-4(9,10)3(2,7)8;4-2(5)1-3(6,7)8;3-1(4)2(5)6;2*1-2(3,4)5;2*1-2;;;2*1-2;;/h1H3;;;;1H;;2*1H3;2*2H,1H3;1H4;1H;;2H;2*1H/i;;;;;;;;;;;;;;2*1+1. The van der Waals surface area contributed by atoms with Gasteiger partial charge in [0.25, 0.3) is 6.08 Å². The molecule has 91 heavy (non-hydrogen) atoms. The predicted molar refractivity (Wildman–Crippen MR) is 246 cm³/mol. The second-order valence-corrected chi connectivity index (χ2v) is 14.8. The van der Waals surface area contributed by atoms with E-state index in [2.05, 4.69) is 56.2 Å². The minimum Gasteiger partial charge on any atom is -0.464 e. The molecule has 0 bridgehead atoms. The van der Waals surface area contributed by atoms with Crippen molar-refractivity contribution < 1.29 is 249 Å². The number of carbonyl (C=O) groups is 3. The molecule has 0 spiro atoms. The fourth-order valence-corrected chi connectivity index (χ4v) is 2.92. The van der Waals surface area contributed by atoms with Gasteiger partial charge in [-0.15, -0.1) is 0 Å².